The van der Waals surface area contributed by atoms with Crippen LogP contribution in [0.15, 0.2) is 66.7 Å². The van der Waals surface area contributed by atoms with Crippen LogP contribution in [0.3, 0.4) is 0 Å². The van der Waals surface area contributed by atoms with Gasteiger partial charge in [0.25, 0.3) is 5.91 Å². The van der Waals surface area contributed by atoms with Crippen LogP contribution in [0, 0.1) is 0 Å². The van der Waals surface area contributed by atoms with Crippen molar-refractivity contribution in [2.45, 2.75) is 38.5 Å². The standard InChI is InChI=1S/C25H26N2O/c26-24-17-21-9-5-4-8-20(21)16-23(24)25(28)27-22-14-12-19(13-15-22)11-10-18-6-2-1-3-7-18/h1-3,6-7,12-17H,4-5,8-11,26H2,(H,27,28). The van der Waals surface area contributed by atoms with Gasteiger partial charge in [-0.25, -0.2) is 0 Å². The second kappa shape index (κ2) is 8.30. The first-order valence-corrected chi connectivity index (χ1v) is 10.0. The second-order valence-corrected chi connectivity index (χ2v) is 7.55. The fourth-order valence-electron chi connectivity index (χ4n) is 3.89. The fraction of sp³-hybridized carbons (Fsp3) is 0.240. The summed E-state index contributed by atoms with van der Waals surface area (Å²) < 4.78 is 0. The number of hydrogen-bond acceptors (Lipinski definition) is 2. The van der Waals surface area contributed by atoms with Crippen molar-refractivity contribution in [1.82, 2.24) is 0 Å². The third kappa shape index (κ3) is 4.25. The summed E-state index contributed by atoms with van der Waals surface area (Å²) in [5.74, 6) is -0.136. The van der Waals surface area contributed by atoms with Gasteiger partial charge in [-0.05, 0) is 85.0 Å². The van der Waals surface area contributed by atoms with E-state index in [1.54, 1.807) is 0 Å². The highest BCUT2D eigenvalue weighted by molar-refractivity contribution is 6.08. The average Bonchev–Trinajstić information content (AvgIpc) is 2.73. The molecule has 0 bridgehead atoms. The van der Waals surface area contributed by atoms with E-state index in [9.17, 15) is 4.79 Å². The Hall–Kier alpha value is -3.07. The van der Waals surface area contributed by atoms with Crippen LogP contribution in [-0.2, 0) is 25.7 Å². The Morgan fingerprint density at radius 2 is 1.43 bits per heavy atom. The molecule has 3 aromatic rings. The predicted octanol–water partition coefficient (Wildman–Crippen LogP) is 5.19. The quantitative estimate of drug-likeness (QED) is 0.608. The van der Waals surface area contributed by atoms with Gasteiger partial charge in [0.05, 0.1) is 5.56 Å². The first kappa shape index (κ1) is 18.3. The van der Waals surface area contributed by atoms with E-state index in [0.29, 0.717) is 11.3 Å². The van der Waals surface area contributed by atoms with Crippen LogP contribution in [0.2, 0.25) is 0 Å². The van der Waals surface area contributed by atoms with Gasteiger partial charge in [0.15, 0.2) is 0 Å². The molecule has 0 saturated heterocycles. The van der Waals surface area contributed by atoms with Crippen molar-refractivity contribution in [2.24, 2.45) is 0 Å². The van der Waals surface area contributed by atoms with Crippen LogP contribution in [-0.4, -0.2) is 5.91 Å². The highest BCUT2D eigenvalue weighted by Gasteiger charge is 2.16. The summed E-state index contributed by atoms with van der Waals surface area (Å²) in [4.78, 5) is 12.7. The Kier molecular flexibility index (Phi) is 5.43. The molecule has 4 rings (SSSR count). The number of carbonyl (C=O) groups is 1. The van der Waals surface area contributed by atoms with Crippen molar-refractivity contribution in [2.75, 3.05) is 11.1 Å². The van der Waals surface area contributed by atoms with Crippen LogP contribution in [0.5, 0.6) is 0 Å². The SMILES string of the molecule is Nc1cc2c(cc1C(=O)Nc1ccc(CCc3ccccc3)cc1)CCCC2. The highest BCUT2D eigenvalue weighted by atomic mass is 16.1. The van der Waals surface area contributed by atoms with Gasteiger partial charge in [-0.1, -0.05) is 42.5 Å². The van der Waals surface area contributed by atoms with Crippen LogP contribution < -0.4 is 11.1 Å². The number of aryl methyl sites for hydroxylation is 4. The number of benzene rings is 3. The summed E-state index contributed by atoms with van der Waals surface area (Å²) >= 11 is 0. The number of anilines is 2. The average molecular weight is 370 g/mol. The Morgan fingerprint density at radius 3 is 2.11 bits per heavy atom. The van der Waals surface area contributed by atoms with Crippen LogP contribution in [0.1, 0.15) is 45.5 Å². The van der Waals surface area contributed by atoms with E-state index in [0.717, 1.165) is 31.4 Å². The number of nitrogens with two attached hydrogens (primary N) is 1. The monoisotopic (exact) mass is 370 g/mol. The smallest absolute Gasteiger partial charge is 0.257 e. The molecule has 3 nitrogen and oxygen atoms in total. The first-order valence-electron chi connectivity index (χ1n) is 10.0. The van der Waals surface area contributed by atoms with Crippen molar-refractivity contribution in [1.29, 1.82) is 0 Å². The maximum absolute atomic E-state index is 12.7. The van der Waals surface area contributed by atoms with E-state index in [4.69, 9.17) is 5.73 Å². The maximum Gasteiger partial charge on any atom is 0.257 e. The van der Waals surface area contributed by atoms with E-state index < -0.39 is 0 Å². The number of hydrogen-bond donors (Lipinski definition) is 2. The molecule has 0 saturated carbocycles. The molecule has 0 fully saturated rings. The summed E-state index contributed by atoms with van der Waals surface area (Å²) in [7, 11) is 0. The Bertz CT molecular complexity index is 962. The lowest BCUT2D eigenvalue weighted by atomic mass is 9.89. The van der Waals surface area contributed by atoms with Gasteiger partial charge < -0.3 is 11.1 Å². The van der Waals surface area contributed by atoms with Gasteiger partial charge >= 0.3 is 0 Å². The molecule has 0 aliphatic heterocycles. The minimum atomic E-state index is -0.136. The maximum atomic E-state index is 12.7. The van der Waals surface area contributed by atoms with Crippen molar-refractivity contribution in [3.8, 4) is 0 Å². The van der Waals surface area contributed by atoms with Crippen molar-refractivity contribution < 1.29 is 4.79 Å². The zero-order chi connectivity index (χ0) is 19.3. The molecule has 0 radical (unpaired) electrons. The van der Waals surface area contributed by atoms with Gasteiger partial charge in [-0.15, -0.1) is 0 Å². The molecule has 3 aromatic carbocycles. The lowest BCUT2D eigenvalue weighted by Gasteiger charge is -2.18. The minimum Gasteiger partial charge on any atom is -0.398 e. The number of nitrogens with one attached hydrogen (secondary N) is 1. The van der Waals surface area contributed by atoms with Gasteiger partial charge in [0.1, 0.15) is 0 Å². The van der Waals surface area contributed by atoms with Gasteiger partial charge in [0.2, 0.25) is 0 Å². The Labute approximate surface area is 166 Å². The number of nitrogen functional groups attached to an aromatic ring is 1. The summed E-state index contributed by atoms with van der Waals surface area (Å²) in [6.07, 6.45) is 6.48. The third-order valence-corrected chi connectivity index (χ3v) is 5.52. The second-order valence-electron chi connectivity index (χ2n) is 7.55. The number of amides is 1. The number of fused-ring (bicyclic) bond motifs is 1. The molecule has 1 aliphatic carbocycles. The van der Waals surface area contributed by atoms with Gasteiger partial charge in [-0.3, -0.25) is 4.79 Å². The third-order valence-electron chi connectivity index (χ3n) is 5.52. The van der Waals surface area contributed by atoms with Crippen LogP contribution in [0.25, 0.3) is 0 Å². The zero-order valence-corrected chi connectivity index (χ0v) is 16.1. The van der Waals surface area contributed by atoms with Gasteiger partial charge in [-0.2, -0.15) is 0 Å². The molecule has 0 atom stereocenters. The van der Waals surface area contributed by atoms with Crippen molar-refractivity contribution >= 4 is 17.3 Å². The lowest BCUT2D eigenvalue weighted by molar-refractivity contribution is 0.102. The molecule has 0 unspecified atom stereocenters. The Balaban J connectivity index is 1.41. The fourth-order valence-corrected chi connectivity index (χ4v) is 3.89. The minimum absolute atomic E-state index is 0.136. The molecule has 0 aromatic heterocycles. The predicted molar refractivity (Wildman–Crippen MR) is 116 cm³/mol. The summed E-state index contributed by atoms with van der Waals surface area (Å²) in [5.41, 5.74) is 13.3. The normalized spacial score (nSPS) is 13.0. The first-order chi connectivity index (χ1) is 13.7. The van der Waals surface area contributed by atoms with E-state index in [2.05, 4.69) is 41.7 Å². The molecular weight excluding hydrogens is 344 g/mol. The molecule has 0 spiro atoms. The van der Waals surface area contributed by atoms with Crippen molar-refractivity contribution in [3.05, 3.63) is 94.5 Å². The van der Waals surface area contributed by atoms with E-state index in [-0.39, 0.29) is 5.91 Å². The summed E-state index contributed by atoms with van der Waals surface area (Å²) in [5, 5.41) is 2.99. The van der Waals surface area contributed by atoms with Crippen LogP contribution >= 0.6 is 0 Å². The molecule has 28 heavy (non-hydrogen) atoms. The summed E-state index contributed by atoms with van der Waals surface area (Å²) in [6, 6.07) is 22.5. The molecular formula is C25H26N2O. The molecule has 1 aliphatic rings. The summed E-state index contributed by atoms with van der Waals surface area (Å²) in [6.45, 7) is 0. The van der Waals surface area contributed by atoms with Gasteiger partial charge in [0, 0.05) is 11.4 Å². The lowest BCUT2D eigenvalue weighted by Crippen LogP contribution is -2.16. The van der Waals surface area contributed by atoms with Crippen LogP contribution in [0.4, 0.5) is 11.4 Å². The molecule has 142 valence electrons. The topological polar surface area (TPSA) is 55.1 Å². The highest BCUT2D eigenvalue weighted by Crippen LogP contribution is 2.27. The largest absolute Gasteiger partial charge is 0.398 e. The number of carbonyl (C=O) groups excluding carboxylic acids is 1. The molecule has 3 heteroatoms. The zero-order valence-electron chi connectivity index (χ0n) is 16.1. The molecule has 0 heterocycles. The molecule has 3 N–H and O–H groups in total. The number of rotatable bonds is 5. The van der Waals surface area contributed by atoms with E-state index in [1.165, 1.54) is 35.1 Å². The molecule has 1 amide bonds. The Morgan fingerprint density at radius 1 is 0.821 bits per heavy atom. The van der Waals surface area contributed by atoms with E-state index in [1.807, 2.05) is 30.3 Å². The van der Waals surface area contributed by atoms with Crippen molar-refractivity contribution in [3.63, 3.8) is 0 Å². The van der Waals surface area contributed by atoms with E-state index >= 15 is 0 Å².